The van der Waals surface area contributed by atoms with Crippen LogP contribution in [0.25, 0.3) is 0 Å². The molecule has 0 aromatic rings. The third-order valence-corrected chi connectivity index (χ3v) is 3.00. The van der Waals surface area contributed by atoms with Gasteiger partial charge in [-0.25, -0.2) is 0 Å². The fourth-order valence-corrected chi connectivity index (χ4v) is 2.76. The molecule has 4 bridgehead atoms. The van der Waals surface area contributed by atoms with Gasteiger partial charge in [-0.15, -0.1) is 0 Å². The molecule has 4 saturated carbocycles. The van der Waals surface area contributed by atoms with Gasteiger partial charge in [-0.1, -0.05) is 0 Å². The molecule has 4 rings (SSSR count). The molecule has 0 spiro atoms. The quantitative estimate of drug-likeness (QED) is 0.571. The molecule has 4 aliphatic carbocycles. The molecular weight excluding hydrogens is 134 g/mol. The lowest BCUT2D eigenvalue weighted by molar-refractivity contribution is 0.000365. The number of rotatable bonds is 0. The van der Waals surface area contributed by atoms with Crippen LogP contribution < -0.4 is 5.73 Å². The molecule has 62 valence electrons. The Kier molecular flexibility index (Phi) is 0.500. The molecular formula is C10H17N. The molecule has 0 unspecified atom stereocenters. The third-order valence-electron chi connectivity index (χ3n) is 3.00. The highest BCUT2D eigenvalue weighted by atomic mass is 14.8. The minimum absolute atomic E-state index is 0.288. The summed E-state index contributed by atoms with van der Waals surface area (Å²) in [6, 6.07) is 0. The van der Waals surface area contributed by atoms with Gasteiger partial charge >= 0.3 is 0 Å². The van der Waals surface area contributed by atoms with Crippen LogP contribution in [-0.2, 0) is 0 Å². The van der Waals surface area contributed by atoms with E-state index in [4.69, 9.17) is 14.0 Å². The van der Waals surface area contributed by atoms with Gasteiger partial charge in [0, 0.05) is 13.8 Å². The highest BCUT2D eigenvalue weighted by Gasteiger charge is 2.48. The maximum Gasteiger partial charge on any atom is 0.0288 e. The predicted octanol–water partition coefficient (Wildman–Crippen LogP) is 1.91. The minimum atomic E-state index is -2.01. The van der Waals surface area contributed by atoms with Crippen molar-refractivity contribution in [3.8, 4) is 0 Å². The Bertz CT molecular complexity index is 318. The normalized spacial score (nSPS) is 82.1. The average molecular weight is 157 g/mol. The molecule has 0 aliphatic heterocycles. The van der Waals surface area contributed by atoms with Crippen molar-refractivity contribution >= 4 is 0 Å². The van der Waals surface area contributed by atoms with E-state index < -0.39 is 24.7 Å². The van der Waals surface area contributed by atoms with Crippen molar-refractivity contribution in [2.45, 2.75) is 43.9 Å². The summed E-state index contributed by atoms with van der Waals surface area (Å²) in [6.45, 7) is 0. The zero-order valence-electron chi connectivity index (χ0n) is 12.4. The van der Waals surface area contributed by atoms with Gasteiger partial charge in [0.05, 0.1) is 0 Å². The van der Waals surface area contributed by atoms with Crippen LogP contribution in [0.4, 0.5) is 0 Å². The minimum Gasteiger partial charge on any atom is -0.325 e. The van der Waals surface area contributed by atoms with Crippen molar-refractivity contribution in [1.82, 2.24) is 0 Å². The molecule has 0 aromatic carbocycles. The number of hydrogen-bond donors (Lipinski definition) is 1. The highest BCUT2D eigenvalue weighted by molar-refractivity contribution is 5.04. The number of nitrogens with two attached hydrogens (primary N) is 1. The summed E-state index contributed by atoms with van der Waals surface area (Å²) in [5.41, 5.74) is 4.02. The Morgan fingerprint density at radius 2 is 1.36 bits per heavy atom. The zero-order chi connectivity index (χ0) is 12.9. The van der Waals surface area contributed by atoms with Crippen molar-refractivity contribution in [3.05, 3.63) is 0 Å². The van der Waals surface area contributed by atoms with Gasteiger partial charge in [-0.05, 0) is 56.1 Å². The van der Waals surface area contributed by atoms with E-state index in [9.17, 15) is 0 Å². The van der Waals surface area contributed by atoms with Gasteiger partial charge in [0.15, 0.2) is 0 Å². The van der Waals surface area contributed by atoms with Crippen molar-refractivity contribution in [2.24, 2.45) is 23.5 Å². The van der Waals surface area contributed by atoms with Crippen molar-refractivity contribution < 1.29 is 8.22 Å². The second-order valence-corrected chi connectivity index (χ2v) is 4.04. The van der Waals surface area contributed by atoms with Crippen LogP contribution in [0, 0.1) is 17.8 Å². The molecule has 4 fully saturated rings. The van der Waals surface area contributed by atoms with E-state index in [1.54, 1.807) is 0 Å². The molecule has 2 N–H and O–H groups in total. The first-order chi connectivity index (χ1) is 7.57. The van der Waals surface area contributed by atoms with Crippen molar-refractivity contribution in [2.75, 3.05) is 0 Å². The Morgan fingerprint density at radius 3 is 1.73 bits per heavy atom. The molecule has 0 aromatic heterocycles. The molecule has 0 saturated heterocycles. The molecule has 4 aliphatic rings. The lowest BCUT2D eigenvalue weighted by Gasteiger charge is -2.55. The van der Waals surface area contributed by atoms with Crippen molar-refractivity contribution in [1.29, 1.82) is 0 Å². The first-order valence-electron chi connectivity index (χ1n) is 7.35. The zero-order valence-corrected chi connectivity index (χ0v) is 6.43. The first-order valence-corrected chi connectivity index (χ1v) is 4.35. The summed E-state index contributed by atoms with van der Waals surface area (Å²) in [7, 11) is 0. The molecule has 0 amide bonds. The van der Waals surface area contributed by atoms with Crippen LogP contribution in [-0.4, -0.2) is 5.54 Å². The second kappa shape index (κ2) is 1.82. The fraction of sp³-hybridized carbons (Fsp3) is 1.00. The Hall–Kier alpha value is -0.0400. The van der Waals surface area contributed by atoms with Gasteiger partial charge in [-0.3, -0.25) is 0 Å². The lowest BCUT2D eigenvalue weighted by Crippen LogP contribution is -2.55. The van der Waals surface area contributed by atoms with Crippen molar-refractivity contribution in [3.63, 3.8) is 0 Å². The van der Waals surface area contributed by atoms with Crippen LogP contribution in [0.3, 0.4) is 0 Å². The predicted molar refractivity (Wildman–Crippen MR) is 45.1 cm³/mol. The number of hydrogen-bond acceptors (Lipinski definition) is 1. The van der Waals surface area contributed by atoms with Gasteiger partial charge in [0.2, 0.25) is 0 Å². The van der Waals surface area contributed by atoms with E-state index in [2.05, 4.69) is 0 Å². The summed E-state index contributed by atoms with van der Waals surface area (Å²) < 4.78 is 48.7. The monoisotopic (exact) mass is 157 g/mol. The first kappa shape index (κ1) is 3.02. The SMILES string of the molecule is [2H]C1([2H])C2CC3CC(C2)C([2H])([2H])C1(N)C3([2H])[2H]. The molecule has 11 heavy (non-hydrogen) atoms. The molecule has 1 heteroatoms. The molecule has 1 nitrogen and oxygen atoms in total. The van der Waals surface area contributed by atoms with Gasteiger partial charge < -0.3 is 5.73 Å². The van der Waals surface area contributed by atoms with E-state index in [0.29, 0.717) is 19.3 Å². The average Bonchev–Trinajstić information content (AvgIpc) is 2.23. The Balaban J connectivity index is 2.24. The maximum atomic E-state index is 8.12. The van der Waals surface area contributed by atoms with E-state index >= 15 is 0 Å². The maximum absolute atomic E-state index is 8.12. The van der Waals surface area contributed by atoms with Gasteiger partial charge in [0.1, 0.15) is 0 Å². The summed E-state index contributed by atoms with van der Waals surface area (Å²) >= 11 is 0. The summed E-state index contributed by atoms with van der Waals surface area (Å²) in [5, 5.41) is 0. The molecule has 0 radical (unpaired) electrons. The summed E-state index contributed by atoms with van der Waals surface area (Å²) in [5.74, 6) is -0.864. The van der Waals surface area contributed by atoms with E-state index in [-0.39, 0.29) is 17.8 Å². The van der Waals surface area contributed by atoms with Crippen LogP contribution >= 0.6 is 0 Å². The lowest BCUT2D eigenvalue weighted by atomic mass is 9.53. The third kappa shape index (κ3) is 0.868. The highest BCUT2D eigenvalue weighted by Crippen LogP contribution is 2.54. The van der Waals surface area contributed by atoms with Crippen LogP contribution in [0.2, 0.25) is 0 Å². The van der Waals surface area contributed by atoms with Crippen LogP contribution in [0.1, 0.15) is 46.6 Å². The summed E-state index contributed by atoms with van der Waals surface area (Å²) in [4.78, 5) is 0. The van der Waals surface area contributed by atoms with Gasteiger partial charge in [-0.2, -0.15) is 0 Å². The smallest absolute Gasteiger partial charge is 0.0288 e. The topological polar surface area (TPSA) is 26.0 Å². The van der Waals surface area contributed by atoms with E-state index in [1.807, 2.05) is 0 Å². The standard InChI is InChI=1S/C10H17N/c11-10-4-7-1-8(5-10)3-9(2-7)6-10/h7-9H,1-6,11H2/i4D2,5D2,6D2. The molecule has 0 atom stereocenters. The second-order valence-electron chi connectivity index (χ2n) is 4.04. The van der Waals surface area contributed by atoms with Crippen LogP contribution in [0.15, 0.2) is 0 Å². The summed E-state index contributed by atoms with van der Waals surface area (Å²) in [6.07, 6.45) is -4.38. The van der Waals surface area contributed by atoms with Gasteiger partial charge in [0.25, 0.3) is 0 Å². The Labute approximate surface area is 76.8 Å². The largest absolute Gasteiger partial charge is 0.325 e. The van der Waals surface area contributed by atoms with E-state index in [0.717, 1.165) is 0 Å². The molecule has 0 heterocycles. The van der Waals surface area contributed by atoms with E-state index in [1.165, 1.54) is 0 Å². The Morgan fingerprint density at radius 1 is 1.00 bits per heavy atom. The van der Waals surface area contributed by atoms with Crippen LogP contribution in [0.5, 0.6) is 0 Å². The fourth-order valence-electron chi connectivity index (χ4n) is 2.76.